The number of hydrogen-bond donors (Lipinski definition) is 15. The molecule has 4 rings (SSSR count). The van der Waals surface area contributed by atoms with E-state index in [1.54, 1.807) is 6.08 Å². The van der Waals surface area contributed by atoms with Crippen molar-refractivity contribution in [1.29, 1.82) is 0 Å². The van der Waals surface area contributed by atoms with E-state index in [0.29, 0.717) is 12.8 Å². The van der Waals surface area contributed by atoms with Crippen LogP contribution in [-0.2, 0) is 47.5 Å². The SMILES string of the molecule is CCCCCCCCCCCCCC=C[C@@H](O)[C@H](CO[C@@H]1O[C@H](CO)[C@@H](O[C@@H]2O[C@H](CO)[C@H](O[C@H]3O[C@H](CO)[C@H](O)[C@H](O[C@@H]4O[C@H](CO)[C@H](O)[C@H](O)[C@H]4NC(C)=O)[C@H]3O)[C@H](O)[C@H]2O)[C@H](O)C1O)NC(=O)CCCCCCCCCCC. The van der Waals surface area contributed by atoms with Gasteiger partial charge in [0, 0.05) is 13.3 Å². The van der Waals surface area contributed by atoms with Crippen molar-refractivity contribution in [1.82, 2.24) is 10.6 Å². The third-order valence-electron chi connectivity index (χ3n) is 15.6. The average Bonchev–Trinajstić information content (AvgIpc) is 3.47. The largest absolute Gasteiger partial charge is 0.394 e. The second kappa shape index (κ2) is 38.8. The van der Waals surface area contributed by atoms with Gasteiger partial charge in [-0.25, -0.2) is 0 Å². The molecule has 4 aliphatic rings. The Morgan fingerprint density at radius 3 is 1.41 bits per heavy atom. The van der Waals surface area contributed by atoms with Crippen molar-refractivity contribution in [2.75, 3.05) is 33.0 Å². The summed E-state index contributed by atoms with van der Waals surface area (Å²) in [6.07, 6.45) is -8.17. The fourth-order valence-corrected chi connectivity index (χ4v) is 10.7. The summed E-state index contributed by atoms with van der Waals surface area (Å²) in [6, 6.07) is -2.52. The highest BCUT2D eigenvalue weighted by atomic mass is 16.8. The molecule has 0 radical (unpaired) electrons. The molecule has 474 valence electrons. The van der Waals surface area contributed by atoms with E-state index in [0.717, 1.165) is 51.9 Å². The first-order chi connectivity index (χ1) is 39.0. The minimum atomic E-state index is -2.09. The molecule has 1 unspecified atom stereocenters. The molecular weight excluding hydrogens is 1070 g/mol. The fraction of sp³-hybridized carbons (Fsp3) is 0.929. The number of aliphatic hydroxyl groups excluding tert-OH is 13. The second-order valence-electron chi connectivity index (χ2n) is 22.2. The predicted octanol–water partition coefficient (Wildman–Crippen LogP) is -0.557. The van der Waals surface area contributed by atoms with E-state index in [-0.39, 0.29) is 12.3 Å². The Morgan fingerprint density at radius 2 is 0.901 bits per heavy atom. The number of unbranched alkanes of at least 4 members (excludes halogenated alkanes) is 19. The van der Waals surface area contributed by atoms with Crippen LogP contribution in [-0.4, -0.2) is 246 Å². The van der Waals surface area contributed by atoms with E-state index in [1.165, 1.54) is 77.0 Å². The van der Waals surface area contributed by atoms with Gasteiger partial charge >= 0.3 is 0 Å². The fourth-order valence-electron chi connectivity index (χ4n) is 10.7. The van der Waals surface area contributed by atoms with Gasteiger partial charge in [0.2, 0.25) is 11.8 Å². The van der Waals surface area contributed by atoms with Crippen LogP contribution in [0.25, 0.3) is 0 Å². The van der Waals surface area contributed by atoms with Crippen LogP contribution in [0.4, 0.5) is 0 Å². The number of amides is 2. The van der Waals surface area contributed by atoms with E-state index < -0.39 is 174 Å². The van der Waals surface area contributed by atoms with E-state index in [9.17, 15) is 76.0 Å². The molecule has 2 amide bonds. The zero-order valence-corrected chi connectivity index (χ0v) is 47.8. The highest BCUT2D eigenvalue weighted by molar-refractivity contribution is 5.76. The smallest absolute Gasteiger partial charge is 0.220 e. The maximum Gasteiger partial charge on any atom is 0.220 e. The van der Waals surface area contributed by atoms with Gasteiger partial charge in [-0.1, -0.05) is 142 Å². The maximum atomic E-state index is 13.2. The van der Waals surface area contributed by atoms with Crippen LogP contribution in [0.5, 0.6) is 0 Å². The van der Waals surface area contributed by atoms with Crippen molar-refractivity contribution in [3.05, 3.63) is 12.2 Å². The lowest BCUT2D eigenvalue weighted by Crippen LogP contribution is -2.69. The first-order valence-electron chi connectivity index (χ1n) is 29.9. The maximum absolute atomic E-state index is 13.2. The molecule has 0 spiro atoms. The van der Waals surface area contributed by atoms with Gasteiger partial charge in [-0.15, -0.1) is 0 Å². The zero-order valence-electron chi connectivity index (χ0n) is 47.8. The molecule has 15 N–H and O–H groups in total. The molecule has 4 saturated heterocycles. The molecule has 4 fully saturated rings. The molecule has 25 heteroatoms. The number of hydrogen-bond acceptors (Lipinski definition) is 23. The van der Waals surface area contributed by atoms with E-state index in [2.05, 4.69) is 24.5 Å². The van der Waals surface area contributed by atoms with Crippen LogP contribution in [0.1, 0.15) is 162 Å². The number of nitrogens with one attached hydrogen (secondary N) is 2. The van der Waals surface area contributed by atoms with Gasteiger partial charge < -0.3 is 115 Å². The Labute approximate surface area is 477 Å². The van der Waals surface area contributed by atoms with Gasteiger partial charge in [-0.05, 0) is 19.3 Å². The summed E-state index contributed by atoms with van der Waals surface area (Å²) in [7, 11) is 0. The molecule has 0 aliphatic carbocycles. The highest BCUT2D eigenvalue weighted by Crippen LogP contribution is 2.35. The topological polar surface area (TPSA) is 395 Å². The Hall–Kier alpha value is -2.16. The van der Waals surface area contributed by atoms with Crippen molar-refractivity contribution in [3.8, 4) is 0 Å². The van der Waals surface area contributed by atoms with E-state index in [4.69, 9.17) is 37.9 Å². The molecule has 0 bridgehead atoms. The monoisotopic (exact) mass is 1170 g/mol. The third kappa shape index (κ3) is 22.6. The summed E-state index contributed by atoms with van der Waals surface area (Å²) in [5.41, 5.74) is 0. The Morgan fingerprint density at radius 1 is 0.481 bits per heavy atom. The molecule has 81 heavy (non-hydrogen) atoms. The summed E-state index contributed by atoms with van der Waals surface area (Å²) in [4.78, 5) is 25.3. The minimum Gasteiger partial charge on any atom is -0.394 e. The van der Waals surface area contributed by atoms with E-state index in [1.807, 2.05) is 6.08 Å². The van der Waals surface area contributed by atoms with Crippen molar-refractivity contribution in [2.45, 2.75) is 297 Å². The molecular formula is C56H102N2O23. The quantitative estimate of drug-likeness (QED) is 0.0271. The lowest BCUT2D eigenvalue weighted by atomic mass is 9.95. The van der Waals surface area contributed by atoms with Gasteiger partial charge in [-0.2, -0.15) is 0 Å². The molecule has 0 aromatic rings. The van der Waals surface area contributed by atoms with Crippen LogP contribution in [0.3, 0.4) is 0 Å². The zero-order chi connectivity index (χ0) is 59.4. The summed E-state index contributed by atoms with van der Waals surface area (Å²) in [5.74, 6) is -1.01. The molecule has 4 aliphatic heterocycles. The number of carbonyl (C=O) groups is 2. The lowest BCUT2D eigenvalue weighted by molar-refractivity contribution is -0.386. The summed E-state index contributed by atoms with van der Waals surface area (Å²) < 4.78 is 46.3. The van der Waals surface area contributed by atoms with Crippen molar-refractivity contribution in [2.24, 2.45) is 0 Å². The molecule has 4 heterocycles. The third-order valence-corrected chi connectivity index (χ3v) is 15.6. The Bertz CT molecular complexity index is 1720. The van der Waals surface area contributed by atoms with Gasteiger partial charge in [0.1, 0.15) is 97.6 Å². The minimum absolute atomic E-state index is 0.216. The number of ether oxygens (including phenoxy) is 8. The standard InChI is InChI=1S/C56H102N2O23/c1-4-6-8-10-12-14-15-16-17-19-20-22-24-26-35(64)34(58-40(65)27-25-23-21-18-13-11-9-7-5-2)32-74-54-47(71)45(69)50(38(30-61)77-54)79-55-48(72)46(70)51(39(31-62)78-55)80-56-49(73)52(43(67)37(29-60)76-56)81-53-41(57-33(3)63)44(68)42(66)36(28-59)75-53/h24,26,34-39,41-56,59-62,64,66-73H,4-23,25,27-32H2,1-3H3,(H,57,63)(H,58,65)/t34-,35+,36+,37+,38+,39+,41+,42-,43-,44+,45+,46+,47?,48+,49+,50+,51-,52-,53-,54+,55-,56+/m0/s1. The van der Waals surface area contributed by atoms with Crippen LogP contribution in [0.15, 0.2) is 12.2 Å². The predicted molar refractivity (Wildman–Crippen MR) is 289 cm³/mol. The average molecular weight is 1170 g/mol. The number of aliphatic hydroxyl groups is 13. The summed E-state index contributed by atoms with van der Waals surface area (Å²) >= 11 is 0. The van der Waals surface area contributed by atoms with Crippen LogP contribution >= 0.6 is 0 Å². The summed E-state index contributed by atoms with van der Waals surface area (Å²) in [6.45, 7) is 1.55. The number of carbonyl (C=O) groups excluding carboxylic acids is 2. The normalized spacial score (nSPS) is 35.5. The van der Waals surface area contributed by atoms with Gasteiger partial charge in [0.05, 0.1) is 45.2 Å². The molecule has 0 aromatic carbocycles. The lowest BCUT2D eigenvalue weighted by Gasteiger charge is -2.49. The summed E-state index contributed by atoms with van der Waals surface area (Å²) in [5, 5.41) is 147. The van der Waals surface area contributed by atoms with Gasteiger partial charge in [-0.3, -0.25) is 9.59 Å². The van der Waals surface area contributed by atoms with Crippen molar-refractivity contribution in [3.63, 3.8) is 0 Å². The van der Waals surface area contributed by atoms with Gasteiger partial charge in [0.25, 0.3) is 0 Å². The van der Waals surface area contributed by atoms with Crippen LogP contribution in [0, 0.1) is 0 Å². The van der Waals surface area contributed by atoms with Crippen molar-refractivity contribution >= 4 is 11.8 Å². The van der Waals surface area contributed by atoms with Crippen LogP contribution in [0.2, 0.25) is 0 Å². The van der Waals surface area contributed by atoms with Crippen LogP contribution < -0.4 is 10.6 Å². The first-order valence-corrected chi connectivity index (χ1v) is 29.9. The van der Waals surface area contributed by atoms with Crippen molar-refractivity contribution < 1.29 is 114 Å². The molecule has 0 aromatic heterocycles. The number of rotatable bonds is 39. The Balaban J connectivity index is 1.37. The molecule has 0 saturated carbocycles. The first kappa shape index (κ1) is 71.3. The van der Waals surface area contributed by atoms with Gasteiger partial charge in [0.15, 0.2) is 25.2 Å². The Kier molecular flexibility index (Phi) is 34.2. The number of allylic oxidation sites excluding steroid dienone is 1. The highest BCUT2D eigenvalue weighted by Gasteiger charge is 2.56. The molecule has 25 nitrogen and oxygen atoms in total. The van der Waals surface area contributed by atoms with E-state index >= 15 is 0 Å². The molecule has 22 atom stereocenters. The second-order valence-corrected chi connectivity index (χ2v) is 22.2.